The Hall–Kier alpha value is -2.33. The van der Waals surface area contributed by atoms with Crippen LogP contribution in [0.3, 0.4) is 0 Å². The highest BCUT2D eigenvalue weighted by molar-refractivity contribution is 6.30. The largest absolute Gasteiger partial charge is 0.351 e. The summed E-state index contributed by atoms with van der Waals surface area (Å²) in [6.45, 7) is 3.06. The molecule has 130 valence electrons. The minimum atomic E-state index is -0.613. The van der Waals surface area contributed by atoms with Crippen molar-refractivity contribution in [3.05, 3.63) is 64.7 Å². The number of halogens is 1. The second-order valence-corrected chi connectivity index (χ2v) is 6.63. The highest BCUT2D eigenvalue weighted by Gasteiger charge is 2.37. The van der Waals surface area contributed by atoms with Gasteiger partial charge < -0.3 is 10.2 Å². The van der Waals surface area contributed by atoms with Crippen molar-refractivity contribution in [1.82, 2.24) is 5.32 Å². The summed E-state index contributed by atoms with van der Waals surface area (Å²) in [5, 5.41) is 3.51. The fraction of sp³-hybridized carbons (Fsp3) is 0.300. The van der Waals surface area contributed by atoms with Crippen molar-refractivity contribution in [2.45, 2.75) is 26.3 Å². The molecule has 1 aliphatic heterocycles. The van der Waals surface area contributed by atoms with E-state index in [4.69, 9.17) is 11.6 Å². The van der Waals surface area contributed by atoms with E-state index in [0.717, 1.165) is 17.7 Å². The fourth-order valence-corrected chi connectivity index (χ4v) is 3.13. The van der Waals surface area contributed by atoms with Crippen molar-refractivity contribution in [2.24, 2.45) is 5.92 Å². The van der Waals surface area contributed by atoms with Crippen LogP contribution in [0.5, 0.6) is 0 Å². The molecule has 5 heteroatoms. The van der Waals surface area contributed by atoms with Gasteiger partial charge in [0, 0.05) is 23.8 Å². The molecule has 1 atom stereocenters. The summed E-state index contributed by atoms with van der Waals surface area (Å²) in [7, 11) is 0. The lowest BCUT2D eigenvalue weighted by molar-refractivity contribution is -0.132. The summed E-state index contributed by atoms with van der Waals surface area (Å²) in [4.78, 5) is 26.7. The third kappa shape index (κ3) is 4.02. The van der Waals surface area contributed by atoms with Crippen LogP contribution in [-0.2, 0) is 22.6 Å². The Morgan fingerprint density at radius 3 is 2.40 bits per heavy atom. The molecule has 0 radical (unpaired) electrons. The molecule has 0 aliphatic carbocycles. The minimum absolute atomic E-state index is 0.127. The van der Waals surface area contributed by atoms with Crippen molar-refractivity contribution < 1.29 is 9.59 Å². The molecule has 2 aromatic carbocycles. The van der Waals surface area contributed by atoms with Gasteiger partial charge in [0.25, 0.3) is 0 Å². The molecule has 2 amide bonds. The summed E-state index contributed by atoms with van der Waals surface area (Å²) >= 11 is 5.85. The molecule has 2 aromatic rings. The summed E-state index contributed by atoms with van der Waals surface area (Å²) in [6, 6.07) is 15.2. The van der Waals surface area contributed by atoms with Crippen LogP contribution in [0.4, 0.5) is 5.69 Å². The Morgan fingerprint density at radius 1 is 1.12 bits per heavy atom. The van der Waals surface area contributed by atoms with Crippen LogP contribution >= 0.6 is 11.6 Å². The SMILES string of the molecule is CCc1ccc(N2CCC(C(=O)NCc3ccc(Cl)cc3)C2=O)cc1. The van der Waals surface area contributed by atoms with Gasteiger partial charge in [-0.3, -0.25) is 9.59 Å². The number of nitrogens with zero attached hydrogens (tertiary/aromatic N) is 1. The van der Waals surface area contributed by atoms with Gasteiger partial charge in [-0.05, 0) is 48.2 Å². The van der Waals surface area contributed by atoms with Crippen molar-refractivity contribution in [1.29, 1.82) is 0 Å². The van der Waals surface area contributed by atoms with Crippen molar-refractivity contribution in [2.75, 3.05) is 11.4 Å². The van der Waals surface area contributed by atoms with E-state index in [-0.39, 0.29) is 11.8 Å². The lowest BCUT2D eigenvalue weighted by Gasteiger charge is -2.17. The maximum atomic E-state index is 12.6. The Bertz CT molecular complexity index is 756. The van der Waals surface area contributed by atoms with Crippen LogP contribution in [0.1, 0.15) is 24.5 Å². The number of amides is 2. The van der Waals surface area contributed by atoms with Gasteiger partial charge in [-0.2, -0.15) is 0 Å². The lowest BCUT2D eigenvalue weighted by Crippen LogP contribution is -2.36. The molecule has 1 heterocycles. The highest BCUT2D eigenvalue weighted by Crippen LogP contribution is 2.26. The van der Waals surface area contributed by atoms with E-state index in [1.165, 1.54) is 5.56 Å². The van der Waals surface area contributed by atoms with Crippen molar-refractivity contribution >= 4 is 29.1 Å². The monoisotopic (exact) mass is 356 g/mol. The molecular formula is C20H21ClN2O2. The van der Waals surface area contributed by atoms with Gasteiger partial charge in [-0.15, -0.1) is 0 Å². The number of rotatable bonds is 5. The van der Waals surface area contributed by atoms with Crippen LogP contribution < -0.4 is 10.2 Å². The first kappa shape index (κ1) is 17.5. The Kier molecular flexibility index (Phi) is 5.39. The number of hydrogen-bond donors (Lipinski definition) is 1. The van der Waals surface area contributed by atoms with E-state index in [2.05, 4.69) is 12.2 Å². The number of carbonyl (C=O) groups excluding carboxylic acids is 2. The molecule has 1 unspecified atom stereocenters. The van der Waals surface area contributed by atoms with E-state index in [0.29, 0.717) is 24.5 Å². The second-order valence-electron chi connectivity index (χ2n) is 6.20. The molecule has 0 spiro atoms. The molecule has 1 N–H and O–H groups in total. The van der Waals surface area contributed by atoms with Gasteiger partial charge in [0.2, 0.25) is 11.8 Å². The normalized spacial score (nSPS) is 17.0. The molecule has 0 bridgehead atoms. The number of carbonyl (C=O) groups is 2. The third-order valence-electron chi connectivity index (χ3n) is 4.56. The number of benzene rings is 2. The van der Waals surface area contributed by atoms with E-state index in [9.17, 15) is 9.59 Å². The van der Waals surface area contributed by atoms with Crippen LogP contribution in [0.25, 0.3) is 0 Å². The van der Waals surface area contributed by atoms with Crippen LogP contribution in [0, 0.1) is 5.92 Å². The maximum Gasteiger partial charge on any atom is 0.239 e. The van der Waals surface area contributed by atoms with E-state index >= 15 is 0 Å². The zero-order chi connectivity index (χ0) is 17.8. The molecule has 0 aromatic heterocycles. The van der Waals surface area contributed by atoms with Gasteiger partial charge >= 0.3 is 0 Å². The summed E-state index contributed by atoms with van der Waals surface area (Å²) in [5.41, 5.74) is 3.04. The number of anilines is 1. The summed E-state index contributed by atoms with van der Waals surface area (Å²) in [5.74, 6) is -0.955. The Morgan fingerprint density at radius 2 is 1.76 bits per heavy atom. The first-order valence-electron chi connectivity index (χ1n) is 8.51. The number of aryl methyl sites for hydroxylation is 1. The molecule has 4 nitrogen and oxygen atoms in total. The smallest absolute Gasteiger partial charge is 0.239 e. The van der Waals surface area contributed by atoms with Crippen LogP contribution in [0.2, 0.25) is 5.02 Å². The summed E-state index contributed by atoms with van der Waals surface area (Å²) in [6.07, 6.45) is 1.50. The van der Waals surface area contributed by atoms with Crippen LogP contribution in [-0.4, -0.2) is 18.4 Å². The van der Waals surface area contributed by atoms with Gasteiger partial charge in [0.1, 0.15) is 5.92 Å². The first-order chi connectivity index (χ1) is 12.1. The van der Waals surface area contributed by atoms with E-state index < -0.39 is 5.92 Å². The Labute approximate surface area is 152 Å². The molecular weight excluding hydrogens is 336 g/mol. The van der Waals surface area contributed by atoms with E-state index in [1.807, 2.05) is 36.4 Å². The highest BCUT2D eigenvalue weighted by atomic mass is 35.5. The van der Waals surface area contributed by atoms with Crippen LogP contribution in [0.15, 0.2) is 48.5 Å². The molecule has 1 fully saturated rings. The third-order valence-corrected chi connectivity index (χ3v) is 4.81. The molecule has 0 saturated carbocycles. The molecule has 25 heavy (non-hydrogen) atoms. The minimum Gasteiger partial charge on any atom is -0.351 e. The van der Waals surface area contributed by atoms with Crippen molar-refractivity contribution in [3.8, 4) is 0 Å². The molecule has 1 saturated heterocycles. The number of nitrogens with one attached hydrogen (secondary N) is 1. The zero-order valence-electron chi connectivity index (χ0n) is 14.2. The molecule has 1 aliphatic rings. The average molecular weight is 357 g/mol. The Balaban J connectivity index is 1.60. The topological polar surface area (TPSA) is 49.4 Å². The van der Waals surface area contributed by atoms with Gasteiger partial charge in [0.05, 0.1) is 0 Å². The maximum absolute atomic E-state index is 12.6. The van der Waals surface area contributed by atoms with Gasteiger partial charge in [0.15, 0.2) is 0 Å². The predicted molar refractivity (Wildman–Crippen MR) is 99.6 cm³/mol. The lowest BCUT2D eigenvalue weighted by atomic mass is 10.1. The quantitative estimate of drug-likeness (QED) is 0.832. The standard InChI is InChI=1S/C20H21ClN2O2/c1-2-14-5-9-17(10-6-14)23-12-11-18(20(23)25)19(24)22-13-15-3-7-16(21)8-4-15/h3-10,18H,2,11-13H2,1H3,(H,22,24). The zero-order valence-corrected chi connectivity index (χ0v) is 14.9. The molecule has 3 rings (SSSR count). The number of hydrogen-bond acceptors (Lipinski definition) is 2. The predicted octanol–water partition coefficient (Wildman–Crippen LogP) is 3.57. The fourth-order valence-electron chi connectivity index (χ4n) is 3.01. The van der Waals surface area contributed by atoms with E-state index in [1.54, 1.807) is 17.0 Å². The second kappa shape index (κ2) is 7.70. The summed E-state index contributed by atoms with van der Waals surface area (Å²) < 4.78 is 0. The van der Waals surface area contributed by atoms with Crippen molar-refractivity contribution in [3.63, 3.8) is 0 Å². The average Bonchev–Trinajstić information content (AvgIpc) is 3.02. The first-order valence-corrected chi connectivity index (χ1v) is 8.88. The van der Waals surface area contributed by atoms with Gasteiger partial charge in [-0.25, -0.2) is 0 Å². The van der Waals surface area contributed by atoms with Gasteiger partial charge in [-0.1, -0.05) is 42.8 Å².